The van der Waals surface area contributed by atoms with Crippen molar-refractivity contribution in [2.75, 3.05) is 0 Å². The van der Waals surface area contributed by atoms with Crippen LogP contribution in [0.2, 0.25) is 0 Å². The minimum absolute atomic E-state index is 0. The average molecular weight is 230 g/mol. The highest BCUT2D eigenvalue weighted by Gasteiger charge is 2.27. The Morgan fingerprint density at radius 1 is 1.40 bits per heavy atom. The Hall–Kier alpha value is -1.06. The Kier molecular flexibility index (Phi) is 5.33. The maximum atomic E-state index is 10.7. The minimum Gasteiger partial charge on any atom is -0.481 e. The van der Waals surface area contributed by atoms with Crippen LogP contribution < -0.4 is 5.73 Å². The number of hydrogen-bond acceptors (Lipinski definition) is 2. The molecule has 1 aromatic rings. The van der Waals surface area contributed by atoms with E-state index in [0.29, 0.717) is 6.42 Å². The predicted molar refractivity (Wildman–Crippen MR) is 62.1 cm³/mol. The second-order valence-corrected chi connectivity index (χ2v) is 3.45. The summed E-state index contributed by atoms with van der Waals surface area (Å²) >= 11 is 0. The topological polar surface area (TPSA) is 63.3 Å². The molecule has 15 heavy (non-hydrogen) atoms. The van der Waals surface area contributed by atoms with Gasteiger partial charge in [0, 0.05) is 0 Å². The molecule has 0 radical (unpaired) electrons. The molecular weight excluding hydrogens is 214 g/mol. The molecule has 1 unspecified atom stereocenters. The van der Waals surface area contributed by atoms with Crippen LogP contribution in [0.25, 0.3) is 0 Å². The maximum absolute atomic E-state index is 10.7. The van der Waals surface area contributed by atoms with Gasteiger partial charge in [0.25, 0.3) is 0 Å². The highest BCUT2D eigenvalue weighted by molar-refractivity contribution is 5.85. The van der Waals surface area contributed by atoms with Crippen molar-refractivity contribution in [3.8, 4) is 0 Å². The summed E-state index contributed by atoms with van der Waals surface area (Å²) in [6.45, 7) is 1.90. The molecule has 0 aliphatic rings. The molecule has 0 saturated carbocycles. The molecule has 0 aromatic heterocycles. The molecule has 1 rings (SSSR count). The number of hydrogen-bond donors (Lipinski definition) is 2. The van der Waals surface area contributed by atoms with Crippen molar-refractivity contribution in [1.82, 2.24) is 0 Å². The number of nitrogens with two attached hydrogens (primary N) is 1. The van der Waals surface area contributed by atoms with Crippen LogP contribution >= 0.6 is 12.4 Å². The average Bonchev–Trinajstić information content (AvgIpc) is 2.18. The summed E-state index contributed by atoms with van der Waals surface area (Å²) in [5, 5.41) is 8.76. The van der Waals surface area contributed by atoms with Gasteiger partial charge in [-0.2, -0.15) is 0 Å². The zero-order valence-electron chi connectivity index (χ0n) is 8.64. The summed E-state index contributed by atoms with van der Waals surface area (Å²) in [4.78, 5) is 10.7. The van der Waals surface area contributed by atoms with Gasteiger partial charge in [0.15, 0.2) is 0 Å². The van der Waals surface area contributed by atoms with Gasteiger partial charge < -0.3 is 10.8 Å². The Labute approximate surface area is 95.7 Å². The van der Waals surface area contributed by atoms with E-state index in [1.807, 2.05) is 37.3 Å². The fraction of sp³-hybridized carbons (Fsp3) is 0.364. The molecule has 0 bridgehead atoms. The first-order valence-corrected chi connectivity index (χ1v) is 4.64. The molecule has 0 saturated heterocycles. The second-order valence-electron chi connectivity index (χ2n) is 3.45. The molecule has 0 heterocycles. The molecule has 84 valence electrons. The molecule has 1 atom stereocenters. The van der Waals surface area contributed by atoms with Gasteiger partial charge in [0.2, 0.25) is 0 Å². The fourth-order valence-corrected chi connectivity index (χ4v) is 1.47. The van der Waals surface area contributed by atoms with E-state index < -0.39 is 11.5 Å². The van der Waals surface area contributed by atoms with Crippen LogP contribution in [0.15, 0.2) is 30.3 Å². The third-order valence-electron chi connectivity index (χ3n) is 2.45. The van der Waals surface area contributed by atoms with Crippen molar-refractivity contribution in [3.05, 3.63) is 35.9 Å². The van der Waals surface area contributed by atoms with Crippen molar-refractivity contribution >= 4 is 18.4 Å². The minimum atomic E-state index is -0.863. The van der Waals surface area contributed by atoms with Gasteiger partial charge in [0.05, 0.1) is 12.0 Å². The quantitative estimate of drug-likeness (QED) is 0.832. The van der Waals surface area contributed by atoms with E-state index >= 15 is 0 Å². The molecule has 4 heteroatoms. The van der Waals surface area contributed by atoms with Gasteiger partial charge in [0.1, 0.15) is 0 Å². The van der Waals surface area contributed by atoms with Crippen LogP contribution in [0.3, 0.4) is 0 Å². The van der Waals surface area contributed by atoms with Crippen LogP contribution in [0, 0.1) is 0 Å². The predicted octanol–water partition coefficient (Wildman–Crippen LogP) is 2.15. The summed E-state index contributed by atoms with van der Waals surface area (Å²) < 4.78 is 0. The lowest BCUT2D eigenvalue weighted by Crippen LogP contribution is -2.38. The van der Waals surface area contributed by atoms with E-state index in [9.17, 15) is 4.79 Å². The molecule has 0 aliphatic carbocycles. The largest absolute Gasteiger partial charge is 0.481 e. The zero-order valence-corrected chi connectivity index (χ0v) is 9.46. The molecule has 3 N–H and O–H groups in total. The molecule has 0 spiro atoms. The molecule has 0 fully saturated rings. The number of carboxylic acids is 1. The highest BCUT2D eigenvalue weighted by Crippen LogP contribution is 2.25. The van der Waals surface area contributed by atoms with Gasteiger partial charge in [-0.3, -0.25) is 4.79 Å². The maximum Gasteiger partial charge on any atom is 0.305 e. The lowest BCUT2D eigenvalue weighted by Gasteiger charge is -2.26. The summed E-state index contributed by atoms with van der Waals surface area (Å²) in [5.41, 5.74) is 6.18. The van der Waals surface area contributed by atoms with E-state index in [-0.39, 0.29) is 18.8 Å². The molecular formula is C11H16ClNO2. The first-order valence-electron chi connectivity index (χ1n) is 4.64. The Bertz CT molecular complexity index is 316. The van der Waals surface area contributed by atoms with Crippen LogP contribution in [0.1, 0.15) is 25.3 Å². The smallest absolute Gasteiger partial charge is 0.305 e. The third kappa shape index (κ3) is 3.53. The van der Waals surface area contributed by atoms with E-state index in [1.165, 1.54) is 0 Å². The zero-order chi connectivity index (χ0) is 10.6. The van der Waals surface area contributed by atoms with Gasteiger partial charge >= 0.3 is 5.97 Å². The summed E-state index contributed by atoms with van der Waals surface area (Å²) in [6, 6.07) is 9.36. The van der Waals surface area contributed by atoms with Crippen LogP contribution in [-0.4, -0.2) is 11.1 Å². The summed E-state index contributed by atoms with van der Waals surface area (Å²) in [5.74, 6) is -0.863. The van der Waals surface area contributed by atoms with E-state index in [1.54, 1.807) is 0 Å². The SMILES string of the molecule is CCC(N)(CC(=O)O)c1ccccc1.Cl. The van der Waals surface area contributed by atoms with Crippen LogP contribution in [0.4, 0.5) is 0 Å². The van der Waals surface area contributed by atoms with Gasteiger partial charge in [-0.25, -0.2) is 0 Å². The van der Waals surface area contributed by atoms with E-state index in [4.69, 9.17) is 10.8 Å². The van der Waals surface area contributed by atoms with Crippen molar-refractivity contribution in [3.63, 3.8) is 0 Å². The van der Waals surface area contributed by atoms with Gasteiger partial charge in [-0.1, -0.05) is 37.3 Å². The number of aliphatic carboxylic acids is 1. The van der Waals surface area contributed by atoms with Crippen molar-refractivity contribution in [2.45, 2.75) is 25.3 Å². The lowest BCUT2D eigenvalue weighted by atomic mass is 9.85. The third-order valence-corrected chi connectivity index (χ3v) is 2.45. The van der Waals surface area contributed by atoms with Gasteiger partial charge in [-0.15, -0.1) is 12.4 Å². The molecule has 0 aliphatic heterocycles. The Balaban J connectivity index is 0.00000196. The molecule has 3 nitrogen and oxygen atoms in total. The Morgan fingerprint density at radius 2 is 1.93 bits per heavy atom. The monoisotopic (exact) mass is 229 g/mol. The van der Waals surface area contributed by atoms with E-state index in [0.717, 1.165) is 5.56 Å². The first-order chi connectivity index (χ1) is 6.58. The van der Waals surface area contributed by atoms with Crippen molar-refractivity contribution in [1.29, 1.82) is 0 Å². The van der Waals surface area contributed by atoms with Crippen molar-refractivity contribution < 1.29 is 9.90 Å². The fourth-order valence-electron chi connectivity index (χ4n) is 1.47. The lowest BCUT2D eigenvalue weighted by molar-refractivity contribution is -0.138. The number of benzene rings is 1. The van der Waals surface area contributed by atoms with Gasteiger partial charge in [-0.05, 0) is 12.0 Å². The van der Waals surface area contributed by atoms with Crippen LogP contribution in [0.5, 0.6) is 0 Å². The van der Waals surface area contributed by atoms with Crippen molar-refractivity contribution in [2.24, 2.45) is 5.73 Å². The summed E-state index contributed by atoms with van der Waals surface area (Å²) in [7, 11) is 0. The number of carbonyl (C=O) groups is 1. The molecule has 1 aromatic carbocycles. The normalized spacial score (nSPS) is 13.7. The standard InChI is InChI=1S/C11H15NO2.ClH/c1-2-11(12,8-10(13)14)9-6-4-3-5-7-9;/h3-7H,2,8,12H2,1H3,(H,13,14);1H. The summed E-state index contributed by atoms with van der Waals surface area (Å²) in [6.07, 6.45) is 0.580. The molecule has 0 amide bonds. The first kappa shape index (κ1) is 13.9. The second kappa shape index (κ2) is 5.73. The highest BCUT2D eigenvalue weighted by atomic mass is 35.5. The number of rotatable bonds is 4. The number of halogens is 1. The van der Waals surface area contributed by atoms with E-state index in [2.05, 4.69) is 0 Å². The number of carboxylic acid groups (broad SMARTS) is 1. The van der Waals surface area contributed by atoms with Crippen LogP contribution in [-0.2, 0) is 10.3 Å². The Morgan fingerprint density at radius 3 is 2.33 bits per heavy atom.